The van der Waals surface area contributed by atoms with Crippen LogP contribution in [0.25, 0.3) is 0 Å². The summed E-state index contributed by atoms with van der Waals surface area (Å²) in [5, 5.41) is 22.6. The summed E-state index contributed by atoms with van der Waals surface area (Å²) in [6, 6.07) is -0.637. The summed E-state index contributed by atoms with van der Waals surface area (Å²) in [6.45, 7) is 4.21. The van der Waals surface area contributed by atoms with Gasteiger partial charge in [-0.05, 0) is 57.8 Å². The molecule has 0 radical (unpaired) electrons. The second-order valence-corrected chi connectivity index (χ2v) is 9.80. The molecule has 0 aliphatic rings. The van der Waals surface area contributed by atoms with Gasteiger partial charge in [-0.25, -0.2) is 0 Å². The van der Waals surface area contributed by atoms with E-state index in [-0.39, 0.29) is 12.5 Å². The minimum atomic E-state index is -0.860. The number of allylic oxidation sites excluding steroid dienone is 5. The molecule has 0 bridgehead atoms. The standard InChI is InChI=1S/C31H57NO3/c1-3-5-7-9-11-13-15-17-19-21-23-25-27-31(35)32-29(28-33)30(34)26-24-22-20-18-16-14-12-10-8-6-4-2/h11,13,16,18,24,26,29-30,33-34H,3-10,12,14-15,17,19-23,25,27-28H2,1-2H3,(H,32,35)/b13-11-,18-16+,26-24+. The first-order valence-corrected chi connectivity index (χ1v) is 14.7. The molecule has 0 aromatic rings. The van der Waals surface area contributed by atoms with Crippen LogP contribution < -0.4 is 5.32 Å². The number of hydrogen-bond donors (Lipinski definition) is 3. The predicted molar refractivity (Wildman–Crippen MR) is 152 cm³/mol. The average molecular weight is 492 g/mol. The first-order valence-electron chi connectivity index (χ1n) is 14.7. The van der Waals surface area contributed by atoms with Crippen molar-refractivity contribution in [3.63, 3.8) is 0 Å². The van der Waals surface area contributed by atoms with Crippen LogP contribution in [-0.4, -0.2) is 34.9 Å². The van der Waals surface area contributed by atoms with Crippen molar-refractivity contribution >= 4 is 5.91 Å². The summed E-state index contributed by atoms with van der Waals surface area (Å²) in [7, 11) is 0. The zero-order valence-corrected chi connectivity index (χ0v) is 23.1. The highest BCUT2D eigenvalue weighted by atomic mass is 16.3. The number of aliphatic hydroxyl groups excluding tert-OH is 2. The second-order valence-electron chi connectivity index (χ2n) is 9.80. The number of unbranched alkanes of at least 4 members (excludes halogenated alkanes) is 14. The highest BCUT2D eigenvalue weighted by molar-refractivity contribution is 5.76. The van der Waals surface area contributed by atoms with Crippen LogP contribution in [0, 0.1) is 0 Å². The van der Waals surface area contributed by atoms with Gasteiger partial charge in [-0.2, -0.15) is 0 Å². The third-order valence-electron chi connectivity index (χ3n) is 6.35. The molecule has 0 aromatic carbocycles. The summed E-state index contributed by atoms with van der Waals surface area (Å²) in [4.78, 5) is 12.2. The summed E-state index contributed by atoms with van der Waals surface area (Å²) < 4.78 is 0. The van der Waals surface area contributed by atoms with Crippen LogP contribution in [-0.2, 0) is 4.79 Å². The van der Waals surface area contributed by atoms with E-state index in [0.717, 1.165) is 44.9 Å². The van der Waals surface area contributed by atoms with Gasteiger partial charge >= 0.3 is 0 Å². The molecule has 0 aliphatic heterocycles. The van der Waals surface area contributed by atoms with Crippen LogP contribution in [0.1, 0.15) is 136 Å². The molecule has 0 aliphatic carbocycles. The number of carbonyl (C=O) groups excluding carboxylic acids is 1. The molecule has 0 aromatic heterocycles. The monoisotopic (exact) mass is 491 g/mol. The van der Waals surface area contributed by atoms with Crippen molar-refractivity contribution in [2.45, 2.75) is 148 Å². The van der Waals surface area contributed by atoms with Gasteiger partial charge in [0.25, 0.3) is 0 Å². The van der Waals surface area contributed by atoms with Crippen LogP contribution in [0.2, 0.25) is 0 Å². The quantitative estimate of drug-likeness (QED) is 0.0896. The number of hydrogen-bond acceptors (Lipinski definition) is 3. The molecular weight excluding hydrogens is 434 g/mol. The highest BCUT2D eigenvalue weighted by Gasteiger charge is 2.17. The van der Waals surface area contributed by atoms with Crippen molar-refractivity contribution in [3.8, 4) is 0 Å². The van der Waals surface area contributed by atoms with Gasteiger partial charge in [-0.3, -0.25) is 4.79 Å². The van der Waals surface area contributed by atoms with Gasteiger partial charge in [0, 0.05) is 6.42 Å². The molecule has 4 nitrogen and oxygen atoms in total. The molecule has 0 saturated carbocycles. The number of rotatable bonds is 25. The Labute approximate surface area is 217 Å². The first-order chi connectivity index (χ1) is 17.2. The highest BCUT2D eigenvalue weighted by Crippen LogP contribution is 2.09. The van der Waals surface area contributed by atoms with E-state index in [1.165, 1.54) is 70.6 Å². The Morgan fingerprint density at radius 3 is 1.71 bits per heavy atom. The molecule has 0 spiro atoms. The van der Waals surface area contributed by atoms with Gasteiger partial charge in [0.1, 0.15) is 0 Å². The van der Waals surface area contributed by atoms with Crippen molar-refractivity contribution in [3.05, 3.63) is 36.5 Å². The van der Waals surface area contributed by atoms with Crippen LogP contribution in [0.15, 0.2) is 36.5 Å². The van der Waals surface area contributed by atoms with Crippen LogP contribution in [0.5, 0.6) is 0 Å². The van der Waals surface area contributed by atoms with Gasteiger partial charge < -0.3 is 15.5 Å². The second kappa shape index (κ2) is 27.2. The molecule has 1 amide bonds. The topological polar surface area (TPSA) is 69.6 Å². The summed E-state index contributed by atoms with van der Waals surface area (Å²) in [5.41, 5.74) is 0. The van der Waals surface area contributed by atoms with Crippen molar-refractivity contribution in [1.29, 1.82) is 0 Å². The molecule has 0 saturated heterocycles. The smallest absolute Gasteiger partial charge is 0.220 e. The molecule has 0 heterocycles. The molecule has 35 heavy (non-hydrogen) atoms. The van der Waals surface area contributed by atoms with Crippen molar-refractivity contribution < 1.29 is 15.0 Å². The summed E-state index contributed by atoms with van der Waals surface area (Å²) >= 11 is 0. The van der Waals surface area contributed by atoms with Crippen molar-refractivity contribution in [1.82, 2.24) is 5.32 Å². The van der Waals surface area contributed by atoms with E-state index in [0.29, 0.717) is 6.42 Å². The average Bonchev–Trinajstić information content (AvgIpc) is 2.86. The van der Waals surface area contributed by atoms with Crippen molar-refractivity contribution in [2.24, 2.45) is 0 Å². The van der Waals surface area contributed by atoms with E-state index in [4.69, 9.17) is 0 Å². The van der Waals surface area contributed by atoms with Crippen LogP contribution >= 0.6 is 0 Å². The number of amides is 1. The molecule has 4 heteroatoms. The molecule has 204 valence electrons. The molecule has 0 rings (SSSR count). The van der Waals surface area contributed by atoms with E-state index in [1.54, 1.807) is 6.08 Å². The maximum atomic E-state index is 12.2. The Balaban J connectivity index is 3.78. The zero-order chi connectivity index (χ0) is 25.8. The van der Waals surface area contributed by atoms with E-state index >= 15 is 0 Å². The largest absolute Gasteiger partial charge is 0.394 e. The van der Waals surface area contributed by atoms with Gasteiger partial charge in [0.05, 0.1) is 18.8 Å². The third-order valence-corrected chi connectivity index (χ3v) is 6.35. The lowest BCUT2D eigenvalue weighted by atomic mass is 10.1. The fourth-order valence-electron chi connectivity index (χ4n) is 4.01. The number of aliphatic hydroxyl groups is 2. The predicted octanol–water partition coefficient (Wildman–Crippen LogP) is 7.94. The molecule has 0 fully saturated rings. The molecular formula is C31H57NO3. The minimum Gasteiger partial charge on any atom is -0.394 e. The minimum absolute atomic E-state index is 0.0895. The SMILES string of the molecule is CCCCC/C=C\CCCCCCCC(=O)NC(CO)C(O)/C=C/CC/C=C/CCCCCCC. The Morgan fingerprint density at radius 1 is 0.657 bits per heavy atom. The molecule has 2 atom stereocenters. The van der Waals surface area contributed by atoms with Gasteiger partial charge in [-0.1, -0.05) is 108 Å². The van der Waals surface area contributed by atoms with E-state index in [2.05, 4.69) is 43.5 Å². The third kappa shape index (κ3) is 24.1. The van der Waals surface area contributed by atoms with Gasteiger partial charge in [0.15, 0.2) is 0 Å². The summed E-state index contributed by atoms with van der Waals surface area (Å²) in [5.74, 6) is -0.0895. The van der Waals surface area contributed by atoms with Gasteiger partial charge in [0.2, 0.25) is 5.91 Å². The Morgan fingerprint density at radius 2 is 1.11 bits per heavy atom. The number of carbonyl (C=O) groups is 1. The Hall–Kier alpha value is -1.39. The maximum absolute atomic E-state index is 12.2. The Kier molecular flexibility index (Phi) is 26.1. The van der Waals surface area contributed by atoms with Crippen LogP contribution in [0.3, 0.4) is 0 Å². The normalized spacial score (nSPS) is 13.8. The van der Waals surface area contributed by atoms with Crippen molar-refractivity contribution in [2.75, 3.05) is 6.61 Å². The lowest BCUT2D eigenvalue weighted by Crippen LogP contribution is -2.45. The number of nitrogens with one attached hydrogen (secondary N) is 1. The van der Waals surface area contributed by atoms with E-state index in [9.17, 15) is 15.0 Å². The zero-order valence-electron chi connectivity index (χ0n) is 23.1. The molecule has 3 N–H and O–H groups in total. The molecule has 2 unspecified atom stereocenters. The Bertz CT molecular complexity index is 541. The van der Waals surface area contributed by atoms with E-state index in [1.807, 2.05) is 6.08 Å². The fraction of sp³-hybridized carbons (Fsp3) is 0.774. The fourth-order valence-corrected chi connectivity index (χ4v) is 4.01. The first kappa shape index (κ1) is 33.6. The lowest BCUT2D eigenvalue weighted by molar-refractivity contribution is -0.123. The maximum Gasteiger partial charge on any atom is 0.220 e. The van der Waals surface area contributed by atoms with Gasteiger partial charge in [-0.15, -0.1) is 0 Å². The van der Waals surface area contributed by atoms with Crippen LogP contribution in [0.4, 0.5) is 0 Å². The lowest BCUT2D eigenvalue weighted by Gasteiger charge is -2.19. The van der Waals surface area contributed by atoms with E-state index < -0.39 is 12.1 Å². The summed E-state index contributed by atoms with van der Waals surface area (Å²) in [6.07, 6.45) is 33.5.